The molecule has 1 heterocycles. The van der Waals surface area contributed by atoms with Gasteiger partial charge in [0.25, 0.3) is 10.1 Å². The molecule has 0 amide bonds. The Bertz CT molecular complexity index is 2660. The van der Waals surface area contributed by atoms with Gasteiger partial charge in [-0.2, -0.15) is 8.42 Å². The summed E-state index contributed by atoms with van der Waals surface area (Å²) in [5, 5.41) is 14.1. The molecule has 6 rings (SSSR count). The zero-order valence-corrected chi connectivity index (χ0v) is 32.9. The molecule has 3 aliphatic rings. The van der Waals surface area contributed by atoms with Crippen LogP contribution in [0.1, 0.15) is 47.8 Å². The number of carbonyl (C=O) groups is 1. The lowest BCUT2D eigenvalue weighted by atomic mass is 9.91. The quantitative estimate of drug-likeness (QED) is 0.0560. The molecule has 1 aliphatic heterocycles. The van der Waals surface area contributed by atoms with Crippen molar-refractivity contribution >= 4 is 48.5 Å². The average Bonchev–Trinajstić information content (AvgIpc) is 3.13. The highest BCUT2D eigenvalue weighted by Gasteiger charge is 2.29. The first-order chi connectivity index (χ1) is 26.0. The van der Waals surface area contributed by atoms with Gasteiger partial charge in [0.1, 0.15) is 16.2 Å². The smallest absolute Gasteiger partial charge is 0.335 e. The number of benzene rings is 4. The van der Waals surface area contributed by atoms with Gasteiger partial charge in [0.2, 0.25) is 10.0 Å². The molecule has 2 aliphatic carbocycles. The molecule has 14 heteroatoms. The van der Waals surface area contributed by atoms with Gasteiger partial charge in [-0.25, -0.2) is 17.9 Å². The number of rotatable bonds is 12. The molecular weight excluding hydrogens is 743 g/mol. The predicted molar refractivity (Wildman–Crippen MR) is 213 cm³/mol. The van der Waals surface area contributed by atoms with E-state index in [1.165, 1.54) is 12.1 Å². The fourth-order valence-electron chi connectivity index (χ4n) is 6.85. The van der Waals surface area contributed by atoms with Gasteiger partial charge in [0.15, 0.2) is 0 Å². The number of aryl methyl sites for hydroxylation is 2. The van der Waals surface area contributed by atoms with E-state index in [9.17, 15) is 31.3 Å². The van der Waals surface area contributed by atoms with E-state index in [2.05, 4.69) is 16.1 Å². The second kappa shape index (κ2) is 15.6. The van der Waals surface area contributed by atoms with Crippen molar-refractivity contribution < 1.29 is 40.4 Å². The second-order valence-electron chi connectivity index (χ2n) is 13.6. The topological polar surface area (TPSA) is 185 Å². The van der Waals surface area contributed by atoms with Gasteiger partial charge in [-0.05, 0) is 99.4 Å². The summed E-state index contributed by atoms with van der Waals surface area (Å²) in [7, 11) is -8.75. The number of nitrogens with zero attached hydrogens (tertiary/aromatic N) is 1. The maximum Gasteiger partial charge on any atom is 0.335 e. The summed E-state index contributed by atoms with van der Waals surface area (Å²) in [6, 6.07) is 17.7. The lowest BCUT2D eigenvalue weighted by Crippen LogP contribution is -2.32. The van der Waals surface area contributed by atoms with E-state index in [0.717, 1.165) is 28.4 Å². The second-order valence-corrected chi connectivity index (χ2v) is 16.7. The first-order valence-electron chi connectivity index (χ1n) is 17.7. The average molecular weight is 786 g/mol. The third kappa shape index (κ3) is 8.14. The van der Waals surface area contributed by atoms with E-state index < -0.39 is 37.0 Å². The van der Waals surface area contributed by atoms with Crippen LogP contribution in [0.25, 0.3) is 33.4 Å². The van der Waals surface area contributed by atoms with Gasteiger partial charge in [-0.15, -0.1) is 0 Å². The summed E-state index contributed by atoms with van der Waals surface area (Å²) >= 11 is 0. The minimum Gasteiger partial charge on any atom is -0.478 e. The number of sulfonamides is 1. The Labute approximate surface area is 320 Å². The lowest BCUT2D eigenvalue weighted by Gasteiger charge is -2.25. The molecule has 3 aromatic rings. The highest BCUT2D eigenvalue weighted by atomic mass is 32.2. The third-order valence-corrected chi connectivity index (χ3v) is 12.4. The molecule has 0 aromatic heterocycles. The molecule has 0 fully saturated rings. The number of ether oxygens (including phenoxy) is 1. The number of aromatic carboxylic acids is 1. The number of carboxylic acids is 1. The minimum atomic E-state index is -4.90. The van der Waals surface area contributed by atoms with Crippen molar-refractivity contribution in [3.8, 4) is 22.5 Å². The van der Waals surface area contributed by atoms with Crippen LogP contribution >= 0.6 is 0 Å². The molecule has 288 valence electrons. The summed E-state index contributed by atoms with van der Waals surface area (Å²) in [6.07, 6.45) is 3.40. The Morgan fingerprint density at radius 2 is 1.65 bits per heavy atom. The number of anilines is 2. The number of allylic oxidation sites excluding steroid dienone is 1. The van der Waals surface area contributed by atoms with Gasteiger partial charge in [0.05, 0.1) is 28.5 Å². The fourth-order valence-corrected chi connectivity index (χ4v) is 8.89. The fraction of sp³-hybridized carbons (Fsp3) is 0.268. The van der Waals surface area contributed by atoms with E-state index in [0.29, 0.717) is 51.1 Å². The molecule has 0 spiro atoms. The van der Waals surface area contributed by atoms with Crippen LogP contribution in [0.3, 0.4) is 0 Å². The number of carboxylic acid groups (broad SMARTS) is 1. The van der Waals surface area contributed by atoms with Crippen molar-refractivity contribution in [1.29, 1.82) is 0 Å². The standard InChI is InChI=1S/C41H43N3O9S2/c1-7-52-19-18-42-54(47,48)36-17-10-25(4)40(27(36)6)44-30-13-16-32-35(22-30)53-34-21-29(43-39-24(3)9-8-23(2)26(39)5)12-15-31(34)38(32)33-14-11-28(41(45)46)20-37(33)55(49,50)51/h8-17,20-22,25,40,42-43H,7,18-19H2,1-6H3,(H,45,46)(H,49,50,51)/b44-30+. The molecule has 0 saturated heterocycles. The Balaban J connectivity index is 1.56. The molecule has 2 atom stereocenters. The predicted octanol–water partition coefficient (Wildman–Crippen LogP) is 7.52. The first-order valence-corrected chi connectivity index (χ1v) is 20.6. The van der Waals surface area contributed by atoms with Crippen LogP contribution in [0, 0.1) is 26.7 Å². The van der Waals surface area contributed by atoms with E-state index >= 15 is 0 Å². The van der Waals surface area contributed by atoms with Crippen molar-refractivity contribution in [2.75, 3.05) is 25.1 Å². The van der Waals surface area contributed by atoms with E-state index in [-0.39, 0.29) is 35.1 Å². The summed E-state index contributed by atoms with van der Waals surface area (Å²) in [5.74, 6) is -1.18. The zero-order valence-electron chi connectivity index (χ0n) is 31.3. The van der Waals surface area contributed by atoms with Crippen molar-refractivity contribution in [3.05, 3.63) is 117 Å². The monoisotopic (exact) mass is 785 g/mol. The van der Waals surface area contributed by atoms with Crippen molar-refractivity contribution in [1.82, 2.24) is 4.72 Å². The zero-order chi connectivity index (χ0) is 39.8. The Morgan fingerprint density at radius 3 is 2.36 bits per heavy atom. The molecule has 55 heavy (non-hydrogen) atoms. The van der Waals surface area contributed by atoms with Crippen LogP contribution in [-0.2, 0) is 24.9 Å². The Kier molecular flexibility index (Phi) is 11.2. The summed E-state index contributed by atoms with van der Waals surface area (Å²) in [5.41, 5.74) is 6.40. The molecule has 2 unspecified atom stereocenters. The minimum absolute atomic E-state index is 0.0746. The van der Waals surface area contributed by atoms with Crippen LogP contribution in [0.15, 0.2) is 104 Å². The maximum atomic E-state index is 13.3. The molecule has 3 aromatic carbocycles. The van der Waals surface area contributed by atoms with Gasteiger partial charge >= 0.3 is 5.97 Å². The highest BCUT2D eigenvalue weighted by Crippen LogP contribution is 2.43. The molecule has 0 saturated carbocycles. The Morgan fingerprint density at radius 1 is 0.927 bits per heavy atom. The van der Waals surface area contributed by atoms with Crippen LogP contribution in [-0.4, -0.2) is 58.3 Å². The van der Waals surface area contributed by atoms with E-state index in [1.54, 1.807) is 49.4 Å². The van der Waals surface area contributed by atoms with Gasteiger partial charge in [-0.1, -0.05) is 31.2 Å². The summed E-state index contributed by atoms with van der Waals surface area (Å²) in [4.78, 5) is 16.4. The summed E-state index contributed by atoms with van der Waals surface area (Å²) in [6.45, 7) is 12.4. The highest BCUT2D eigenvalue weighted by molar-refractivity contribution is 7.93. The number of hydrogen-bond donors (Lipinski definition) is 4. The molecule has 4 N–H and O–H groups in total. The normalized spacial score (nSPS) is 16.7. The number of fused-ring (bicyclic) bond motifs is 2. The lowest BCUT2D eigenvalue weighted by molar-refractivity contribution is 0.0696. The summed E-state index contributed by atoms with van der Waals surface area (Å²) < 4.78 is 76.9. The van der Waals surface area contributed by atoms with E-state index in [4.69, 9.17) is 14.1 Å². The Hall–Kier alpha value is -5.12. The van der Waals surface area contributed by atoms with Crippen LogP contribution in [0.5, 0.6) is 0 Å². The molecule has 0 bridgehead atoms. The van der Waals surface area contributed by atoms with Crippen molar-refractivity contribution in [3.63, 3.8) is 0 Å². The van der Waals surface area contributed by atoms with Gasteiger partial charge in [0, 0.05) is 64.7 Å². The molecule has 12 nitrogen and oxygen atoms in total. The van der Waals surface area contributed by atoms with Crippen molar-refractivity contribution in [2.24, 2.45) is 10.9 Å². The SMILES string of the molecule is CCOCCNS(=O)(=O)C1=C(C)C(/N=c2\ccc3c(-c4ccc(C(=O)O)cc4S(=O)(=O)O)c4ccc(Nc5c(C)ccc(C)c5C)cc4oc-3c2)C(C)C=C1. The first kappa shape index (κ1) is 39.6. The van der Waals surface area contributed by atoms with Crippen LogP contribution < -0.4 is 15.4 Å². The largest absolute Gasteiger partial charge is 0.478 e. The maximum absolute atomic E-state index is 13.3. The molecular formula is C41H43N3O9S2. The van der Waals surface area contributed by atoms with Gasteiger partial charge < -0.3 is 19.6 Å². The van der Waals surface area contributed by atoms with Crippen LogP contribution in [0.2, 0.25) is 0 Å². The van der Waals surface area contributed by atoms with E-state index in [1.807, 2.05) is 46.8 Å². The molecule has 0 radical (unpaired) electrons. The number of hydrogen-bond acceptors (Lipinski definition) is 9. The van der Waals surface area contributed by atoms with Crippen LogP contribution in [0.4, 0.5) is 11.4 Å². The third-order valence-electron chi connectivity index (χ3n) is 9.90. The number of nitrogens with one attached hydrogen (secondary N) is 2. The van der Waals surface area contributed by atoms with Crippen molar-refractivity contribution in [2.45, 2.75) is 52.5 Å². The van der Waals surface area contributed by atoms with Gasteiger partial charge in [-0.3, -0.25) is 9.55 Å².